The number of aldehydes is 1. The zero-order valence-electron chi connectivity index (χ0n) is 22.8. The SMILES string of the molecule is COCCC(=O)N(Cc1ccc(C)cc1)C1CC(C(=O)NCCO)=CC(Oc2c(I)cc(C=O)cc2OC)C1O. The number of aryl methyl sites for hydroxylation is 1. The molecule has 0 aliphatic heterocycles. The zero-order chi connectivity index (χ0) is 29.2. The van der Waals surface area contributed by atoms with E-state index in [0.717, 1.165) is 11.1 Å². The van der Waals surface area contributed by atoms with Crippen LogP contribution in [-0.4, -0.2) is 85.4 Å². The summed E-state index contributed by atoms with van der Waals surface area (Å²) in [5.74, 6) is -0.0990. The third-order valence-electron chi connectivity index (χ3n) is 6.57. The van der Waals surface area contributed by atoms with Gasteiger partial charge < -0.3 is 34.6 Å². The summed E-state index contributed by atoms with van der Waals surface area (Å²) in [4.78, 5) is 39.4. The predicted octanol–water partition coefficient (Wildman–Crippen LogP) is 2.40. The molecule has 3 N–H and O–H groups in total. The summed E-state index contributed by atoms with van der Waals surface area (Å²) < 4.78 is 17.4. The van der Waals surface area contributed by atoms with Crippen LogP contribution >= 0.6 is 22.6 Å². The van der Waals surface area contributed by atoms with Gasteiger partial charge in [-0.1, -0.05) is 29.8 Å². The molecular formula is C29H35IN2O8. The largest absolute Gasteiger partial charge is 0.493 e. The lowest BCUT2D eigenvalue weighted by molar-refractivity contribution is -0.140. The minimum absolute atomic E-state index is 0.0493. The molecule has 3 atom stereocenters. The van der Waals surface area contributed by atoms with Crippen LogP contribution in [0.25, 0.3) is 0 Å². The maximum atomic E-state index is 13.4. The van der Waals surface area contributed by atoms with E-state index in [2.05, 4.69) is 5.32 Å². The number of aliphatic hydroxyl groups excluding tert-OH is 2. The summed E-state index contributed by atoms with van der Waals surface area (Å²) in [6.07, 6.45) is 0.137. The second-order valence-corrected chi connectivity index (χ2v) is 10.6. The van der Waals surface area contributed by atoms with Crippen molar-refractivity contribution in [1.82, 2.24) is 10.2 Å². The van der Waals surface area contributed by atoms with Crippen LogP contribution in [0.1, 0.15) is 34.3 Å². The second-order valence-electron chi connectivity index (χ2n) is 9.42. The molecule has 3 unspecified atom stereocenters. The maximum Gasteiger partial charge on any atom is 0.247 e. The number of aliphatic hydroxyl groups is 2. The van der Waals surface area contributed by atoms with E-state index in [-0.39, 0.29) is 50.8 Å². The molecule has 0 heterocycles. The molecule has 11 heteroatoms. The summed E-state index contributed by atoms with van der Waals surface area (Å²) in [7, 11) is 2.95. The van der Waals surface area contributed by atoms with Crippen LogP contribution in [0.5, 0.6) is 11.5 Å². The molecule has 2 amide bonds. The molecule has 1 aliphatic rings. The molecule has 0 saturated heterocycles. The average molecular weight is 667 g/mol. The number of nitrogens with zero attached hydrogens (tertiary/aromatic N) is 1. The topological polar surface area (TPSA) is 135 Å². The Morgan fingerprint density at radius 3 is 2.55 bits per heavy atom. The van der Waals surface area contributed by atoms with Crippen LogP contribution in [0.2, 0.25) is 0 Å². The molecule has 0 spiro atoms. The van der Waals surface area contributed by atoms with Gasteiger partial charge >= 0.3 is 0 Å². The summed E-state index contributed by atoms with van der Waals surface area (Å²) in [5, 5.41) is 23.5. The standard InChI is InChI=1S/C29H35IN2O8/c1-18-4-6-19(7-5-18)16-32(26(35)8-11-38-2)23-14-21(29(37)31-9-10-33)15-24(27(23)36)40-28-22(30)12-20(17-34)13-25(28)39-3/h4-7,12-13,15,17,23-24,27,33,36H,8-11,14,16H2,1-3H3,(H,31,37). The van der Waals surface area contributed by atoms with Gasteiger partial charge in [0.2, 0.25) is 11.8 Å². The zero-order valence-corrected chi connectivity index (χ0v) is 24.9. The number of amides is 2. The first-order valence-electron chi connectivity index (χ1n) is 12.8. The van der Waals surface area contributed by atoms with E-state index < -0.39 is 24.2 Å². The van der Waals surface area contributed by atoms with E-state index >= 15 is 0 Å². The van der Waals surface area contributed by atoms with Crippen molar-refractivity contribution in [3.63, 3.8) is 0 Å². The second kappa shape index (κ2) is 15.1. The van der Waals surface area contributed by atoms with Crippen molar-refractivity contribution >= 4 is 40.7 Å². The number of hydrogen-bond acceptors (Lipinski definition) is 8. The lowest BCUT2D eigenvalue weighted by atomic mass is 9.87. The maximum absolute atomic E-state index is 13.4. The van der Waals surface area contributed by atoms with Gasteiger partial charge in [0.1, 0.15) is 18.5 Å². The van der Waals surface area contributed by atoms with Gasteiger partial charge in [-0.3, -0.25) is 14.4 Å². The number of hydrogen-bond donors (Lipinski definition) is 3. The number of carbonyl (C=O) groups excluding carboxylic acids is 3. The number of benzene rings is 2. The van der Waals surface area contributed by atoms with Gasteiger partial charge in [-0.25, -0.2) is 0 Å². The molecule has 0 radical (unpaired) electrons. The van der Waals surface area contributed by atoms with Gasteiger partial charge in [0.25, 0.3) is 0 Å². The van der Waals surface area contributed by atoms with E-state index in [4.69, 9.17) is 14.2 Å². The monoisotopic (exact) mass is 666 g/mol. The van der Waals surface area contributed by atoms with Crippen molar-refractivity contribution in [3.8, 4) is 11.5 Å². The Balaban J connectivity index is 2.03. The summed E-state index contributed by atoms with van der Waals surface area (Å²) in [5.41, 5.74) is 2.63. The number of halogens is 1. The van der Waals surface area contributed by atoms with Crippen LogP contribution < -0.4 is 14.8 Å². The van der Waals surface area contributed by atoms with Crippen molar-refractivity contribution < 1.29 is 38.8 Å². The smallest absolute Gasteiger partial charge is 0.247 e. The fourth-order valence-corrected chi connectivity index (χ4v) is 5.20. The fraction of sp³-hybridized carbons (Fsp3) is 0.414. The number of carbonyl (C=O) groups is 3. The number of nitrogens with one attached hydrogen (secondary N) is 1. The van der Waals surface area contributed by atoms with E-state index in [1.807, 2.05) is 53.8 Å². The van der Waals surface area contributed by atoms with Crippen molar-refractivity contribution in [1.29, 1.82) is 0 Å². The van der Waals surface area contributed by atoms with Crippen molar-refractivity contribution in [2.24, 2.45) is 0 Å². The van der Waals surface area contributed by atoms with Gasteiger partial charge in [0.05, 0.1) is 36.4 Å². The van der Waals surface area contributed by atoms with Crippen molar-refractivity contribution in [3.05, 3.63) is 68.3 Å². The van der Waals surface area contributed by atoms with E-state index in [1.165, 1.54) is 26.4 Å². The quantitative estimate of drug-likeness (QED) is 0.219. The molecule has 2 aromatic carbocycles. The molecule has 0 fully saturated rings. The Morgan fingerprint density at radius 2 is 1.93 bits per heavy atom. The average Bonchev–Trinajstić information content (AvgIpc) is 2.96. The predicted molar refractivity (Wildman–Crippen MR) is 156 cm³/mol. The Bertz CT molecular complexity index is 1220. The van der Waals surface area contributed by atoms with E-state index in [9.17, 15) is 24.6 Å². The highest BCUT2D eigenvalue weighted by Gasteiger charge is 2.41. The lowest BCUT2D eigenvalue weighted by Gasteiger charge is -2.40. The van der Waals surface area contributed by atoms with Crippen LogP contribution in [0.4, 0.5) is 0 Å². The van der Waals surface area contributed by atoms with E-state index in [1.54, 1.807) is 11.0 Å². The summed E-state index contributed by atoms with van der Waals surface area (Å²) in [6, 6.07) is 10.1. The lowest BCUT2D eigenvalue weighted by Crippen LogP contribution is -2.55. The van der Waals surface area contributed by atoms with Crippen LogP contribution in [0.3, 0.4) is 0 Å². The Morgan fingerprint density at radius 1 is 1.20 bits per heavy atom. The Hall–Kier alpha value is -3.00. The molecule has 40 heavy (non-hydrogen) atoms. The molecule has 0 aromatic heterocycles. The third kappa shape index (κ3) is 8.03. The molecule has 10 nitrogen and oxygen atoms in total. The first-order valence-corrected chi connectivity index (χ1v) is 13.9. The van der Waals surface area contributed by atoms with Gasteiger partial charge in [-0.05, 0) is 53.3 Å². The van der Waals surface area contributed by atoms with E-state index in [0.29, 0.717) is 26.7 Å². The van der Waals surface area contributed by atoms with Crippen LogP contribution in [0, 0.1) is 10.5 Å². The summed E-state index contributed by atoms with van der Waals surface area (Å²) >= 11 is 2.01. The van der Waals surface area contributed by atoms with Gasteiger partial charge in [-0.2, -0.15) is 0 Å². The molecule has 0 saturated carbocycles. The molecular weight excluding hydrogens is 631 g/mol. The van der Waals surface area contributed by atoms with Crippen molar-refractivity contribution in [2.45, 2.75) is 44.6 Å². The Kier molecular flexibility index (Phi) is 11.9. The summed E-state index contributed by atoms with van der Waals surface area (Å²) in [6.45, 7) is 2.19. The Labute approximate surface area is 247 Å². The fourth-order valence-electron chi connectivity index (χ4n) is 4.45. The molecule has 1 aliphatic carbocycles. The first kappa shape index (κ1) is 31.5. The minimum Gasteiger partial charge on any atom is -0.493 e. The molecule has 216 valence electrons. The van der Waals surface area contributed by atoms with Crippen LogP contribution in [0.15, 0.2) is 48.0 Å². The number of rotatable bonds is 13. The van der Waals surface area contributed by atoms with Crippen molar-refractivity contribution in [2.75, 3.05) is 34.0 Å². The molecule has 0 bridgehead atoms. The first-order chi connectivity index (χ1) is 19.2. The number of ether oxygens (including phenoxy) is 3. The number of methoxy groups -OCH3 is 2. The normalized spacial score (nSPS) is 18.4. The van der Waals surface area contributed by atoms with Gasteiger partial charge in [-0.15, -0.1) is 0 Å². The highest BCUT2D eigenvalue weighted by molar-refractivity contribution is 14.1. The van der Waals surface area contributed by atoms with Crippen LogP contribution in [-0.2, 0) is 20.9 Å². The van der Waals surface area contributed by atoms with Gasteiger partial charge in [0, 0.05) is 37.8 Å². The molecule has 3 rings (SSSR count). The van der Waals surface area contributed by atoms with Gasteiger partial charge in [0.15, 0.2) is 11.5 Å². The third-order valence-corrected chi connectivity index (χ3v) is 7.37. The highest BCUT2D eigenvalue weighted by Crippen LogP contribution is 2.37. The molecule has 2 aromatic rings. The highest BCUT2D eigenvalue weighted by atomic mass is 127. The minimum atomic E-state index is -1.21.